The Balaban J connectivity index is 2.31. The van der Waals surface area contributed by atoms with Crippen molar-refractivity contribution in [2.45, 2.75) is 26.8 Å². The number of hydrogen-bond donors (Lipinski definition) is 1. The lowest BCUT2D eigenvalue weighted by atomic mass is 10.2. The summed E-state index contributed by atoms with van der Waals surface area (Å²) in [7, 11) is 4.15. The molecule has 0 aliphatic rings. The fourth-order valence-electron chi connectivity index (χ4n) is 1.70. The lowest BCUT2D eigenvalue weighted by Crippen LogP contribution is -2.19. The van der Waals surface area contributed by atoms with Gasteiger partial charge in [0.15, 0.2) is 0 Å². The highest BCUT2D eigenvalue weighted by molar-refractivity contribution is 5.22. The smallest absolute Gasteiger partial charge is 0.122 e. The minimum Gasteiger partial charge on any atom is -0.493 e. The molecule has 0 spiro atoms. The molecule has 1 N–H and O–H groups in total. The molecule has 0 aliphatic carbocycles. The SMILES string of the molecule is CC(C)CNCc1cc(OCCCN(C)C)ccn1. The Labute approximate surface area is 117 Å². The number of ether oxygens (including phenoxy) is 1. The molecule has 1 aromatic rings. The maximum absolute atomic E-state index is 5.73. The van der Waals surface area contributed by atoms with Gasteiger partial charge in [-0.25, -0.2) is 0 Å². The molecule has 1 aromatic heterocycles. The maximum atomic E-state index is 5.73. The Kier molecular flexibility index (Phi) is 7.45. The van der Waals surface area contributed by atoms with E-state index >= 15 is 0 Å². The zero-order chi connectivity index (χ0) is 14.1. The van der Waals surface area contributed by atoms with Crippen molar-refractivity contribution >= 4 is 0 Å². The molecule has 0 aromatic carbocycles. The first-order chi connectivity index (χ1) is 9.08. The first-order valence-electron chi connectivity index (χ1n) is 7.01. The molecule has 1 heterocycles. The van der Waals surface area contributed by atoms with Crippen molar-refractivity contribution < 1.29 is 4.74 Å². The van der Waals surface area contributed by atoms with Gasteiger partial charge in [0.2, 0.25) is 0 Å². The molecular weight excluding hydrogens is 238 g/mol. The third kappa shape index (κ3) is 7.80. The molecule has 0 amide bonds. The van der Waals surface area contributed by atoms with Gasteiger partial charge in [0.25, 0.3) is 0 Å². The van der Waals surface area contributed by atoms with E-state index in [-0.39, 0.29) is 0 Å². The van der Waals surface area contributed by atoms with Gasteiger partial charge in [0.05, 0.1) is 12.3 Å². The van der Waals surface area contributed by atoms with Crippen molar-refractivity contribution in [3.63, 3.8) is 0 Å². The maximum Gasteiger partial charge on any atom is 0.122 e. The average Bonchev–Trinajstić information content (AvgIpc) is 2.34. The van der Waals surface area contributed by atoms with Crippen molar-refractivity contribution in [3.05, 3.63) is 24.0 Å². The summed E-state index contributed by atoms with van der Waals surface area (Å²) in [5.41, 5.74) is 1.03. The third-order valence-corrected chi connectivity index (χ3v) is 2.67. The van der Waals surface area contributed by atoms with Crippen LogP contribution in [-0.2, 0) is 6.54 Å². The van der Waals surface area contributed by atoms with E-state index < -0.39 is 0 Å². The van der Waals surface area contributed by atoms with E-state index in [4.69, 9.17) is 4.74 Å². The Morgan fingerprint density at radius 1 is 1.37 bits per heavy atom. The molecule has 0 unspecified atom stereocenters. The second-order valence-corrected chi connectivity index (χ2v) is 5.51. The van der Waals surface area contributed by atoms with Gasteiger partial charge in [-0.3, -0.25) is 4.98 Å². The van der Waals surface area contributed by atoms with E-state index in [0.717, 1.165) is 44.1 Å². The van der Waals surface area contributed by atoms with Crippen LogP contribution in [0.5, 0.6) is 5.75 Å². The Bertz CT molecular complexity index is 353. The first kappa shape index (κ1) is 15.9. The zero-order valence-corrected chi connectivity index (χ0v) is 12.6. The fraction of sp³-hybridized carbons (Fsp3) is 0.667. The molecule has 0 saturated carbocycles. The van der Waals surface area contributed by atoms with Crippen LogP contribution in [0.3, 0.4) is 0 Å². The van der Waals surface area contributed by atoms with E-state index in [0.29, 0.717) is 5.92 Å². The summed E-state index contributed by atoms with van der Waals surface area (Å²) in [6.45, 7) is 8.01. The van der Waals surface area contributed by atoms with Crippen LogP contribution in [0.4, 0.5) is 0 Å². The Morgan fingerprint density at radius 2 is 2.16 bits per heavy atom. The van der Waals surface area contributed by atoms with Crippen LogP contribution in [0.25, 0.3) is 0 Å². The van der Waals surface area contributed by atoms with Crippen LogP contribution >= 0.6 is 0 Å². The molecule has 0 atom stereocenters. The Morgan fingerprint density at radius 3 is 2.84 bits per heavy atom. The third-order valence-electron chi connectivity index (χ3n) is 2.67. The Hall–Kier alpha value is -1.13. The van der Waals surface area contributed by atoms with Crippen molar-refractivity contribution in [2.24, 2.45) is 5.92 Å². The molecule has 0 bridgehead atoms. The van der Waals surface area contributed by atoms with Crippen LogP contribution in [0.1, 0.15) is 26.0 Å². The predicted molar refractivity (Wildman–Crippen MR) is 79.4 cm³/mol. The molecule has 4 nitrogen and oxygen atoms in total. The molecule has 0 aliphatic heterocycles. The first-order valence-corrected chi connectivity index (χ1v) is 7.01. The van der Waals surface area contributed by atoms with Gasteiger partial charge in [0.1, 0.15) is 5.75 Å². The number of nitrogens with one attached hydrogen (secondary N) is 1. The van der Waals surface area contributed by atoms with E-state index in [1.54, 1.807) is 0 Å². The van der Waals surface area contributed by atoms with Gasteiger partial charge in [-0.15, -0.1) is 0 Å². The molecule has 4 heteroatoms. The number of hydrogen-bond acceptors (Lipinski definition) is 4. The molecule has 108 valence electrons. The summed E-state index contributed by atoms with van der Waals surface area (Å²) < 4.78 is 5.73. The monoisotopic (exact) mass is 265 g/mol. The normalized spacial score (nSPS) is 11.3. The second kappa shape index (κ2) is 8.88. The van der Waals surface area contributed by atoms with Gasteiger partial charge in [-0.1, -0.05) is 13.8 Å². The van der Waals surface area contributed by atoms with Crippen LogP contribution in [0, 0.1) is 5.92 Å². The second-order valence-electron chi connectivity index (χ2n) is 5.51. The highest BCUT2D eigenvalue weighted by Crippen LogP contribution is 2.11. The van der Waals surface area contributed by atoms with Crippen molar-refractivity contribution in [1.29, 1.82) is 0 Å². The molecular formula is C15H27N3O. The molecule has 1 rings (SSSR count). The largest absolute Gasteiger partial charge is 0.493 e. The van der Waals surface area contributed by atoms with Crippen molar-refractivity contribution in [3.8, 4) is 5.75 Å². The number of nitrogens with zero attached hydrogens (tertiary/aromatic N) is 2. The predicted octanol–water partition coefficient (Wildman–Crippen LogP) is 2.16. The fourth-order valence-corrected chi connectivity index (χ4v) is 1.70. The van der Waals surface area contributed by atoms with E-state index in [1.165, 1.54) is 0 Å². The van der Waals surface area contributed by atoms with Gasteiger partial charge in [-0.2, -0.15) is 0 Å². The topological polar surface area (TPSA) is 37.4 Å². The summed E-state index contributed by atoms with van der Waals surface area (Å²) in [5.74, 6) is 1.57. The number of aromatic nitrogens is 1. The summed E-state index contributed by atoms with van der Waals surface area (Å²) in [5, 5.41) is 3.39. The van der Waals surface area contributed by atoms with Crippen LogP contribution in [0.2, 0.25) is 0 Å². The highest BCUT2D eigenvalue weighted by Gasteiger charge is 2.00. The quantitative estimate of drug-likeness (QED) is 0.694. The van der Waals surface area contributed by atoms with Crippen molar-refractivity contribution in [1.82, 2.24) is 15.2 Å². The van der Waals surface area contributed by atoms with Crippen LogP contribution in [-0.4, -0.2) is 43.7 Å². The summed E-state index contributed by atoms with van der Waals surface area (Å²) in [6.07, 6.45) is 2.85. The van der Waals surface area contributed by atoms with E-state index in [1.807, 2.05) is 18.3 Å². The lowest BCUT2D eigenvalue weighted by Gasteiger charge is -2.11. The number of pyridine rings is 1. The van der Waals surface area contributed by atoms with Gasteiger partial charge < -0.3 is 15.0 Å². The summed E-state index contributed by atoms with van der Waals surface area (Å²) in [4.78, 5) is 6.51. The molecule has 0 saturated heterocycles. The highest BCUT2D eigenvalue weighted by atomic mass is 16.5. The lowest BCUT2D eigenvalue weighted by molar-refractivity contribution is 0.281. The summed E-state index contributed by atoms with van der Waals surface area (Å²) in [6, 6.07) is 3.94. The van der Waals surface area contributed by atoms with Crippen molar-refractivity contribution in [2.75, 3.05) is 33.8 Å². The minimum absolute atomic E-state index is 0.658. The number of rotatable bonds is 9. The van der Waals surface area contributed by atoms with Gasteiger partial charge in [-0.05, 0) is 39.0 Å². The van der Waals surface area contributed by atoms with Gasteiger partial charge >= 0.3 is 0 Å². The zero-order valence-electron chi connectivity index (χ0n) is 12.6. The molecule has 0 fully saturated rings. The molecule has 0 radical (unpaired) electrons. The van der Waals surface area contributed by atoms with Crippen LogP contribution < -0.4 is 10.1 Å². The van der Waals surface area contributed by atoms with E-state index in [9.17, 15) is 0 Å². The van der Waals surface area contributed by atoms with Gasteiger partial charge in [0, 0.05) is 25.4 Å². The molecule has 19 heavy (non-hydrogen) atoms. The average molecular weight is 265 g/mol. The van der Waals surface area contributed by atoms with Crippen LogP contribution in [0.15, 0.2) is 18.3 Å². The summed E-state index contributed by atoms with van der Waals surface area (Å²) >= 11 is 0. The standard InChI is InChI=1S/C15H27N3O/c1-13(2)11-16-12-14-10-15(6-7-17-14)19-9-5-8-18(3)4/h6-7,10,13,16H,5,8-9,11-12H2,1-4H3. The van der Waals surface area contributed by atoms with E-state index in [2.05, 4.69) is 43.1 Å². The minimum atomic E-state index is 0.658.